The maximum atomic E-state index is 5.19. The lowest BCUT2D eigenvalue weighted by Gasteiger charge is -2.07. The number of hydrogen-bond acceptors (Lipinski definition) is 2. The highest BCUT2D eigenvalue weighted by Gasteiger charge is 2.02. The SMILES string of the molecule is COc1ccc2ncc(C(C)C)cc2c1. The lowest BCUT2D eigenvalue weighted by Crippen LogP contribution is -1.90. The van der Waals surface area contributed by atoms with E-state index in [0.717, 1.165) is 16.7 Å². The van der Waals surface area contributed by atoms with Gasteiger partial charge in [-0.3, -0.25) is 4.98 Å². The normalized spacial score (nSPS) is 10.9. The van der Waals surface area contributed by atoms with Gasteiger partial charge in [0, 0.05) is 11.6 Å². The van der Waals surface area contributed by atoms with Gasteiger partial charge in [-0.25, -0.2) is 0 Å². The highest BCUT2D eigenvalue weighted by molar-refractivity contribution is 5.80. The Bertz CT molecular complexity index is 477. The summed E-state index contributed by atoms with van der Waals surface area (Å²) < 4.78 is 5.19. The Kier molecular flexibility index (Phi) is 2.58. The van der Waals surface area contributed by atoms with Crippen LogP contribution in [0.1, 0.15) is 25.3 Å². The Hall–Kier alpha value is -1.57. The van der Waals surface area contributed by atoms with Gasteiger partial charge in [-0.2, -0.15) is 0 Å². The van der Waals surface area contributed by atoms with Crippen molar-refractivity contribution in [2.45, 2.75) is 19.8 Å². The maximum Gasteiger partial charge on any atom is 0.119 e. The monoisotopic (exact) mass is 201 g/mol. The maximum absolute atomic E-state index is 5.19. The number of nitrogens with zero attached hydrogens (tertiary/aromatic N) is 1. The summed E-state index contributed by atoms with van der Waals surface area (Å²) in [5.41, 5.74) is 2.27. The largest absolute Gasteiger partial charge is 0.497 e. The molecule has 0 saturated carbocycles. The molecule has 0 N–H and O–H groups in total. The van der Waals surface area contributed by atoms with Crippen LogP contribution in [0.15, 0.2) is 30.5 Å². The fourth-order valence-electron chi connectivity index (χ4n) is 1.57. The zero-order valence-electron chi connectivity index (χ0n) is 9.32. The van der Waals surface area contributed by atoms with Gasteiger partial charge in [0.05, 0.1) is 12.6 Å². The smallest absolute Gasteiger partial charge is 0.119 e. The molecule has 1 heterocycles. The summed E-state index contributed by atoms with van der Waals surface area (Å²) in [7, 11) is 1.68. The van der Waals surface area contributed by atoms with Crippen molar-refractivity contribution in [3.63, 3.8) is 0 Å². The average molecular weight is 201 g/mol. The molecule has 15 heavy (non-hydrogen) atoms. The van der Waals surface area contributed by atoms with Crippen molar-refractivity contribution in [1.82, 2.24) is 4.98 Å². The predicted octanol–water partition coefficient (Wildman–Crippen LogP) is 3.37. The minimum atomic E-state index is 0.508. The Morgan fingerprint density at radius 2 is 2.00 bits per heavy atom. The Balaban J connectivity index is 2.57. The number of benzene rings is 1. The quantitative estimate of drug-likeness (QED) is 0.743. The summed E-state index contributed by atoms with van der Waals surface area (Å²) in [5.74, 6) is 1.39. The van der Waals surface area contributed by atoms with E-state index in [-0.39, 0.29) is 0 Å². The first-order valence-corrected chi connectivity index (χ1v) is 5.14. The van der Waals surface area contributed by atoms with Crippen LogP contribution in [0.3, 0.4) is 0 Å². The number of hydrogen-bond donors (Lipinski definition) is 0. The van der Waals surface area contributed by atoms with E-state index in [1.165, 1.54) is 5.56 Å². The van der Waals surface area contributed by atoms with Gasteiger partial charge < -0.3 is 4.74 Å². The third-order valence-electron chi connectivity index (χ3n) is 2.58. The summed E-state index contributed by atoms with van der Waals surface area (Å²) in [6.07, 6.45) is 1.94. The number of methoxy groups -OCH3 is 1. The Morgan fingerprint density at radius 3 is 2.67 bits per heavy atom. The minimum absolute atomic E-state index is 0.508. The lowest BCUT2D eigenvalue weighted by atomic mass is 10.0. The van der Waals surface area contributed by atoms with Crippen LogP contribution < -0.4 is 4.74 Å². The van der Waals surface area contributed by atoms with Gasteiger partial charge in [0.15, 0.2) is 0 Å². The molecule has 2 aromatic rings. The van der Waals surface area contributed by atoms with Gasteiger partial charge in [-0.1, -0.05) is 13.8 Å². The average Bonchev–Trinajstić information content (AvgIpc) is 2.27. The fraction of sp³-hybridized carbons (Fsp3) is 0.308. The van der Waals surface area contributed by atoms with Crippen molar-refractivity contribution in [3.05, 3.63) is 36.0 Å². The van der Waals surface area contributed by atoms with Crippen LogP contribution in [0.2, 0.25) is 0 Å². The molecule has 0 aliphatic heterocycles. The molecular formula is C13H15NO. The summed E-state index contributed by atoms with van der Waals surface area (Å²) in [4.78, 5) is 4.42. The standard InChI is InChI=1S/C13H15NO/c1-9(2)11-6-10-7-12(15-3)4-5-13(10)14-8-11/h4-9H,1-3H3. The van der Waals surface area contributed by atoms with E-state index < -0.39 is 0 Å². The van der Waals surface area contributed by atoms with Crippen LogP contribution >= 0.6 is 0 Å². The number of aromatic nitrogens is 1. The van der Waals surface area contributed by atoms with E-state index in [9.17, 15) is 0 Å². The van der Waals surface area contributed by atoms with Crippen LogP contribution in [0, 0.1) is 0 Å². The first-order chi connectivity index (χ1) is 7.20. The van der Waals surface area contributed by atoms with Gasteiger partial charge in [-0.05, 0) is 35.7 Å². The molecule has 1 aromatic carbocycles. The number of rotatable bonds is 2. The van der Waals surface area contributed by atoms with E-state index in [0.29, 0.717) is 5.92 Å². The van der Waals surface area contributed by atoms with Crippen molar-refractivity contribution >= 4 is 10.9 Å². The lowest BCUT2D eigenvalue weighted by molar-refractivity contribution is 0.415. The molecule has 78 valence electrons. The van der Waals surface area contributed by atoms with Crippen molar-refractivity contribution in [2.75, 3.05) is 7.11 Å². The van der Waals surface area contributed by atoms with Crippen LogP contribution in [-0.4, -0.2) is 12.1 Å². The fourth-order valence-corrected chi connectivity index (χ4v) is 1.57. The van der Waals surface area contributed by atoms with E-state index in [1.54, 1.807) is 7.11 Å². The second-order valence-corrected chi connectivity index (χ2v) is 3.98. The second kappa shape index (κ2) is 3.89. The molecule has 2 rings (SSSR count). The van der Waals surface area contributed by atoms with Gasteiger partial charge in [0.25, 0.3) is 0 Å². The molecule has 0 unspecified atom stereocenters. The summed E-state index contributed by atoms with van der Waals surface area (Å²) in [6.45, 7) is 4.34. The molecule has 0 radical (unpaired) electrons. The first kappa shape index (κ1) is 9.97. The zero-order valence-corrected chi connectivity index (χ0v) is 9.32. The third-order valence-corrected chi connectivity index (χ3v) is 2.58. The highest BCUT2D eigenvalue weighted by atomic mass is 16.5. The molecule has 0 saturated heterocycles. The minimum Gasteiger partial charge on any atom is -0.497 e. The van der Waals surface area contributed by atoms with Crippen LogP contribution in [0.5, 0.6) is 5.75 Å². The Labute approximate surface area is 89.9 Å². The first-order valence-electron chi connectivity index (χ1n) is 5.14. The zero-order chi connectivity index (χ0) is 10.8. The van der Waals surface area contributed by atoms with Crippen molar-refractivity contribution in [2.24, 2.45) is 0 Å². The number of pyridine rings is 1. The third kappa shape index (κ3) is 1.94. The Morgan fingerprint density at radius 1 is 1.20 bits per heavy atom. The molecule has 0 spiro atoms. The molecule has 2 nitrogen and oxygen atoms in total. The van der Waals surface area contributed by atoms with E-state index in [1.807, 2.05) is 24.4 Å². The highest BCUT2D eigenvalue weighted by Crippen LogP contribution is 2.22. The van der Waals surface area contributed by atoms with Crippen LogP contribution in [0.25, 0.3) is 10.9 Å². The molecule has 0 aliphatic rings. The summed E-state index contributed by atoms with van der Waals surface area (Å²) in [5, 5.41) is 1.14. The van der Waals surface area contributed by atoms with E-state index in [2.05, 4.69) is 24.9 Å². The molecule has 0 atom stereocenters. The van der Waals surface area contributed by atoms with Crippen LogP contribution in [-0.2, 0) is 0 Å². The molecule has 1 aromatic heterocycles. The molecule has 0 amide bonds. The molecular weight excluding hydrogens is 186 g/mol. The van der Waals surface area contributed by atoms with Gasteiger partial charge >= 0.3 is 0 Å². The topological polar surface area (TPSA) is 22.1 Å². The second-order valence-electron chi connectivity index (χ2n) is 3.98. The van der Waals surface area contributed by atoms with Gasteiger partial charge in [0.1, 0.15) is 5.75 Å². The molecule has 2 heteroatoms. The summed E-state index contributed by atoms with van der Waals surface area (Å²) in [6, 6.07) is 8.12. The van der Waals surface area contributed by atoms with Crippen molar-refractivity contribution in [1.29, 1.82) is 0 Å². The van der Waals surface area contributed by atoms with Gasteiger partial charge in [-0.15, -0.1) is 0 Å². The van der Waals surface area contributed by atoms with Gasteiger partial charge in [0.2, 0.25) is 0 Å². The predicted molar refractivity (Wildman–Crippen MR) is 62.4 cm³/mol. The molecule has 0 fully saturated rings. The number of fused-ring (bicyclic) bond motifs is 1. The van der Waals surface area contributed by atoms with Crippen LogP contribution in [0.4, 0.5) is 0 Å². The van der Waals surface area contributed by atoms with Crippen molar-refractivity contribution < 1.29 is 4.74 Å². The van der Waals surface area contributed by atoms with E-state index >= 15 is 0 Å². The molecule has 0 aliphatic carbocycles. The van der Waals surface area contributed by atoms with E-state index in [4.69, 9.17) is 4.74 Å². The number of ether oxygens (including phenoxy) is 1. The van der Waals surface area contributed by atoms with Crippen molar-refractivity contribution in [3.8, 4) is 5.75 Å². The summed E-state index contributed by atoms with van der Waals surface area (Å²) >= 11 is 0. The molecule has 0 bridgehead atoms.